The number of amides is 1. The Morgan fingerprint density at radius 1 is 0.444 bits per heavy atom. The van der Waals surface area contributed by atoms with Gasteiger partial charge in [0.15, 0.2) is 0 Å². The summed E-state index contributed by atoms with van der Waals surface area (Å²) in [6.07, 6.45) is 39.1. The van der Waals surface area contributed by atoms with Gasteiger partial charge >= 0.3 is 7.60 Å². The third-order valence-electron chi connectivity index (χ3n) is 12.4. The van der Waals surface area contributed by atoms with Gasteiger partial charge in [0.2, 0.25) is 5.91 Å². The van der Waals surface area contributed by atoms with Gasteiger partial charge in [0.05, 0.1) is 0 Å². The highest BCUT2D eigenvalue weighted by Gasteiger charge is 2.38. The molecule has 0 bridgehead atoms. The molecule has 358 valence electrons. The number of benzene rings is 2. The zero-order chi connectivity index (χ0) is 45.6. The largest absolute Gasteiger partial charge is 0.502 e. The van der Waals surface area contributed by atoms with E-state index in [2.05, 4.69) is 34.6 Å². The quantitative estimate of drug-likeness (QED) is 0.0377. The average Bonchev–Trinajstić information content (AvgIpc) is 3.29. The van der Waals surface area contributed by atoms with Crippen molar-refractivity contribution in [2.75, 3.05) is 13.1 Å². The molecule has 2 aromatic rings. The van der Waals surface area contributed by atoms with Crippen LogP contribution in [0, 0.1) is 0 Å². The maximum absolute atomic E-state index is 15.0. The second kappa shape index (κ2) is 37.4. The van der Waals surface area contributed by atoms with Crippen LogP contribution in [0.1, 0.15) is 245 Å². The van der Waals surface area contributed by atoms with E-state index in [0.717, 1.165) is 83.5 Å². The number of nitrogens with zero attached hydrogens (tertiary/aromatic N) is 1. The van der Waals surface area contributed by atoms with E-state index < -0.39 is 13.1 Å². The lowest BCUT2D eigenvalue weighted by Gasteiger charge is -2.25. The Kier molecular flexibility index (Phi) is 33.4. The molecule has 0 fully saturated rings. The van der Waals surface area contributed by atoms with E-state index in [-0.39, 0.29) is 5.91 Å². The van der Waals surface area contributed by atoms with Crippen LogP contribution in [0.3, 0.4) is 0 Å². The molecule has 0 aliphatic carbocycles. The van der Waals surface area contributed by atoms with E-state index in [1.165, 1.54) is 139 Å². The first kappa shape index (κ1) is 56.3. The SMILES string of the molecule is CCCCCCCCCCCCC(=CC(=O)P(=O)(Oc1ccc(CCCCCCCCC)cc1)Oc1ccc(CCCCCCCCC)cc1)C(=O)N(CCCCC)CCCCC. The second-order valence-electron chi connectivity index (χ2n) is 18.4. The fraction of sp³-hybridized carbons (Fsp3) is 0.714. The summed E-state index contributed by atoms with van der Waals surface area (Å²) < 4.78 is 27.3. The summed E-state index contributed by atoms with van der Waals surface area (Å²) in [5.41, 5.74) is 2.00. The molecule has 1 amide bonds. The fourth-order valence-corrected chi connectivity index (χ4v) is 9.62. The van der Waals surface area contributed by atoms with E-state index >= 15 is 0 Å². The normalized spacial score (nSPS) is 11.9. The molecule has 0 atom stereocenters. The predicted molar refractivity (Wildman–Crippen MR) is 270 cm³/mol. The number of allylic oxidation sites excluding steroid dienone is 1. The monoisotopic (exact) mass is 892 g/mol. The summed E-state index contributed by atoms with van der Waals surface area (Å²) >= 11 is 0. The summed E-state index contributed by atoms with van der Waals surface area (Å²) in [5, 5.41) is 0. The molecule has 0 heterocycles. The standard InChI is InChI=1S/C56H94NO5P/c1-6-11-16-19-22-23-24-27-30-33-38-52(56(59)57(47-34-14-9-4)48-35-15-10-5)49-55(58)63(60,61-53-43-39-50(40-44-53)36-31-28-25-20-17-12-7-2)62-54-45-41-51(42-46-54)37-32-29-26-21-18-13-8-3/h39-46,49H,6-38,47-48H2,1-5H3. The van der Waals surface area contributed by atoms with Gasteiger partial charge in [-0.05, 0) is 86.8 Å². The van der Waals surface area contributed by atoms with Crippen molar-refractivity contribution in [3.63, 3.8) is 0 Å². The summed E-state index contributed by atoms with van der Waals surface area (Å²) in [6, 6.07) is 15.2. The van der Waals surface area contributed by atoms with Crippen LogP contribution in [0.2, 0.25) is 0 Å². The van der Waals surface area contributed by atoms with Crippen molar-refractivity contribution in [2.45, 2.75) is 247 Å². The molecule has 0 N–H and O–H groups in total. The van der Waals surface area contributed by atoms with E-state index in [9.17, 15) is 14.2 Å². The van der Waals surface area contributed by atoms with Gasteiger partial charge in [-0.15, -0.1) is 0 Å². The van der Waals surface area contributed by atoms with Crippen molar-refractivity contribution < 1.29 is 23.2 Å². The lowest BCUT2D eigenvalue weighted by molar-refractivity contribution is -0.127. The van der Waals surface area contributed by atoms with Gasteiger partial charge in [0, 0.05) is 24.7 Å². The molecule has 0 aromatic heterocycles. The zero-order valence-corrected chi connectivity index (χ0v) is 42.3. The number of hydrogen-bond donors (Lipinski definition) is 0. The van der Waals surface area contributed by atoms with Crippen LogP contribution in [0.15, 0.2) is 60.2 Å². The Balaban J connectivity index is 2.35. The number of carbonyl (C=O) groups excluding carboxylic acids is 2. The van der Waals surface area contributed by atoms with Crippen LogP contribution < -0.4 is 9.05 Å². The lowest BCUT2D eigenvalue weighted by Crippen LogP contribution is -2.34. The minimum absolute atomic E-state index is 0.123. The van der Waals surface area contributed by atoms with Crippen molar-refractivity contribution in [3.05, 3.63) is 71.3 Å². The van der Waals surface area contributed by atoms with E-state index in [1.807, 2.05) is 29.2 Å². The third kappa shape index (κ3) is 26.6. The molecule has 0 spiro atoms. The average molecular weight is 892 g/mol. The number of hydrogen-bond acceptors (Lipinski definition) is 5. The molecular weight excluding hydrogens is 798 g/mol. The molecule has 2 rings (SSSR count). The number of carbonyl (C=O) groups is 2. The van der Waals surface area contributed by atoms with Gasteiger partial charge in [-0.2, -0.15) is 0 Å². The summed E-state index contributed by atoms with van der Waals surface area (Å²) in [4.78, 5) is 30.9. The van der Waals surface area contributed by atoms with Gasteiger partial charge < -0.3 is 13.9 Å². The number of unbranched alkanes of at least 4 members (excludes halogenated alkanes) is 25. The highest BCUT2D eigenvalue weighted by atomic mass is 31.2. The highest BCUT2D eigenvalue weighted by molar-refractivity contribution is 7.73. The Bertz CT molecular complexity index is 1430. The first-order chi connectivity index (χ1) is 30.8. The van der Waals surface area contributed by atoms with Crippen LogP contribution in [0.25, 0.3) is 0 Å². The molecule has 0 saturated carbocycles. The van der Waals surface area contributed by atoms with Crippen molar-refractivity contribution >= 4 is 19.0 Å². The molecule has 7 heteroatoms. The first-order valence-electron chi connectivity index (χ1n) is 26.5. The first-order valence-corrected chi connectivity index (χ1v) is 28.1. The van der Waals surface area contributed by atoms with Crippen LogP contribution in [0.5, 0.6) is 11.5 Å². The van der Waals surface area contributed by atoms with Crippen LogP contribution in [0.4, 0.5) is 0 Å². The Labute approximate surface area is 388 Å². The minimum atomic E-state index is -4.49. The van der Waals surface area contributed by atoms with Crippen molar-refractivity contribution in [3.8, 4) is 11.5 Å². The molecule has 2 aromatic carbocycles. The molecule has 0 unspecified atom stereocenters. The fourth-order valence-electron chi connectivity index (χ4n) is 8.29. The number of rotatable bonds is 42. The molecule has 63 heavy (non-hydrogen) atoms. The Hall–Kier alpha value is -2.85. The van der Waals surface area contributed by atoms with E-state index in [0.29, 0.717) is 36.6 Å². The van der Waals surface area contributed by atoms with Crippen LogP contribution >= 0.6 is 7.60 Å². The van der Waals surface area contributed by atoms with Gasteiger partial charge in [0.1, 0.15) is 11.5 Å². The minimum Gasteiger partial charge on any atom is -0.411 e. The van der Waals surface area contributed by atoms with Crippen molar-refractivity contribution in [1.82, 2.24) is 4.90 Å². The van der Waals surface area contributed by atoms with Gasteiger partial charge in [-0.3, -0.25) is 9.59 Å². The van der Waals surface area contributed by atoms with Crippen LogP contribution in [-0.4, -0.2) is 29.4 Å². The Morgan fingerprint density at radius 3 is 1.13 bits per heavy atom. The zero-order valence-electron chi connectivity index (χ0n) is 41.4. The summed E-state index contributed by atoms with van der Waals surface area (Å²) in [5.74, 6) is 0.520. The lowest BCUT2D eigenvalue weighted by atomic mass is 10.0. The smallest absolute Gasteiger partial charge is 0.411 e. The van der Waals surface area contributed by atoms with Crippen molar-refractivity contribution in [1.29, 1.82) is 0 Å². The second-order valence-corrected chi connectivity index (χ2v) is 20.2. The van der Waals surface area contributed by atoms with Gasteiger partial charge in [-0.1, -0.05) is 219 Å². The van der Waals surface area contributed by atoms with Gasteiger partial charge in [-0.25, -0.2) is 4.57 Å². The van der Waals surface area contributed by atoms with Gasteiger partial charge in [0.25, 0.3) is 5.52 Å². The highest BCUT2D eigenvalue weighted by Crippen LogP contribution is 2.50. The number of aryl methyl sites for hydroxylation is 2. The van der Waals surface area contributed by atoms with Crippen LogP contribution in [-0.2, 0) is 27.0 Å². The molecular formula is C56H94NO5P. The summed E-state index contributed by atoms with van der Waals surface area (Å²) in [6.45, 7) is 12.4. The van der Waals surface area contributed by atoms with E-state index in [4.69, 9.17) is 9.05 Å². The maximum Gasteiger partial charge on any atom is 0.502 e. The van der Waals surface area contributed by atoms with E-state index in [1.54, 1.807) is 24.3 Å². The topological polar surface area (TPSA) is 72.9 Å². The molecule has 0 saturated heterocycles. The molecule has 0 radical (unpaired) electrons. The molecule has 0 aliphatic heterocycles. The third-order valence-corrected chi connectivity index (χ3v) is 14.0. The Morgan fingerprint density at radius 2 is 0.762 bits per heavy atom. The summed E-state index contributed by atoms with van der Waals surface area (Å²) in [7, 11) is -4.49. The molecule has 6 nitrogen and oxygen atoms in total. The molecule has 0 aliphatic rings. The van der Waals surface area contributed by atoms with Crippen molar-refractivity contribution in [2.24, 2.45) is 0 Å². The maximum atomic E-state index is 15.0. The predicted octanol–water partition coefficient (Wildman–Crippen LogP) is 17.9.